The first-order valence-corrected chi connectivity index (χ1v) is 5.14. The van der Waals surface area contributed by atoms with E-state index in [1.165, 1.54) is 0 Å². The highest BCUT2D eigenvalue weighted by molar-refractivity contribution is 7.17. The van der Waals surface area contributed by atoms with Gasteiger partial charge in [0.1, 0.15) is 0 Å². The van der Waals surface area contributed by atoms with Crippen molar-refractivity contribution in [2.24, 2.45) is 0 Å². The molecule has 1 aromatic carbocycles. The second-order valence-electron chi connectivity index (χ2n) is 2.95. The van der Waals surface area contributed by atoms with Crippen molar-refractivity contribution in [1.82, 2.24) is 0 Å². The molecule has 1 nitrogen and oxygen atoms in total. The summed E-state index contributed by atoms with van der Waals surface area (Å²) < 4.78 is 1.03. The van der Waals surface area contributed by atoms with Crippen molar-refractivity contribution in [1.29, 1.82) is 0 Å². The molecule has 0 aliphatic heterocycles. The molecule has 1 aromatic heterocycles. The van der Waals surface area contributed by atoms with Crippen LogP contribution in [-0.2, 0) is 0 Å². The van der Waals surface area contributed by atoms with Gasteiger partial charge in [-0.25, -0.2) is 0 Å². The quantitative estimate of drug-likeness (QED) is 0.537. The molecule has 0 fully saturated rings. The van der Waals surface area contributed by atoms with E-state index in [0.29, 0.717) is 0 Å². The molecule has 0 amide bonds. The molecule has 0 saturated heterocycles. The van der Waals surface area contributed by atoms with Crippen molar-refractivity contribution in [3.63, 3.8) is 0 Å². The Kier molecular flexibility index (Phi) is 2.34. The number of carbonyl (C=O) groups is 1. The summed E-state index contributed by atoms with van der Waals surface area (Å²) in [5.74, 6) is 2.41. The molecule has 0 spiro atoms. The average molecular weight is 200 g/mol. The van der Waals surface area contributed by atoms with Gasteiger partial charge in [-0.05, 0) is 22.9 Å². The van der Waals surface area contributed by atoms with Crippen molar-refractivity contribution in [3.05, 3.63) is 35.2 Å². The van der Waals surface area contributed by atoms with Gasteiger partial charge in [0.05, 0.1) is 6.42 Å². The van der Waals surface area contributed by atoms with Gasteiger partial charge in [0, 0.05) is 10.3 Å². The van der Waals surface area contributed by atoms with Gasteiger partial charge in [-0.15, -0.1) is 17.8 Å². The first-order valence-electron chi connectivity index (χ1n) is 4.26. The fraction of sp³-hybridized carbons (Fsp3) is 0.0833. The average Bonchev–Trinajstić information content (AvgIpc) is 2.65. The molecule has 1 heterocycles. The predicted octanol–water partition coefficient (Wildman–Crippen LogP) is 3.11. The fourth-order valence-electron chi connectivity index (χ4n) is 1.40. The molecule has 68 valence electrons. The van der Waals surface area contributed by atoms with Gasteiger partial charge >= 0.3 is 0 Å². The van der Waals surface area contributed by atoms with Gasteiger partial charge in [-0.2, -0.15) is 0 Å². The van der Waals surface area contributed by atoms with Crippen molar-refractivity contribution in [2.75, 3.05) is 0 Å². The first kappa shape index (κ1) is 8.98. The van der Waals surface area contributed by atoms with Crippen LogP contribution in [0.25, 0.3) is 10.1 Å². The first-order chi connectivity index (χ1) is 6.83. The van der Waals surface area contributed by atoms with Crippen LogP contribution in [0.3, 0.4) is 0 Å². The lowest BCUT2D eigenvalue weighted by Crippen LogP contribution is -1.96. The van der Waals surface area contributed by atoms with E-state index in [-0.39, 0.29) is 12.2 Å². The van der Waals surface area contributed by atoms with Gasteiger partial charge in [0.2, 0.25) is 0 Å². The van der Waals surface area contributed by atoms with Crippen LogP contribution in [0.4, 0.5) is 0 Å². The molecule has 14 heavy (non-hydrogen) atoms. The Hall–Kier alpha value is -1.59. The molecule has 0 aliphatic carbocycles. The minimum Gasteiger partial charge on any atom is -0.293 e. The van der Waals surface area contributed by atoms with Crippen LogP contribution in [-0.4, -0.2) is 5.78 Å². The predicted molar refractivity (Wildman–Crippen MR) is 59.6 cm³/mol. The van der Waals surface area contributed by atoms with Crippen LogP contribution in [0.5, 0.6) is 0 Å². The van der Waals surface area contributed by atoms with E-state index < -0.39 is 0 Å². The van der Waals surface area contributed by atoms with E-state index in [1.54, 1.807) is 11.3 Å². The Labute approximate surface area is 86.4 Å². The van der Waals surface area contributed by atoms with E-state index in [9.17, 15) is 4.79 Å². The molecule has 0 unspecified atom stereocenters. The van der Waals surface area contributed by atoms with Crippen molar-refractivity contribution >= 4 is 27.2 Å². The SMILES string of the molecule is C#CCC(=O)c1cccc2ccsc12. The Morgan fingerprint density at radius 1 is 1.43 bits per heavy atom. The zero-order chi connectivity index (χ0) is 9.97. The fourth-order valence-corrected chi connectivity index (χ4v) is 2.33. The third kappa shape index (κ3) is 1.43. The van der Waals surface area contributed by atoms with Gasteiger partial charge in [0.15, 0.2) is 5.78 Å². The normalized spacial score (nSPS) is 9.93. The summed E-state index contributed by atoms with van der Waals surface area (Å²) in [7, 11) is 0. The second kappa shape index (κ2) is 3.65. The number of terminal acetylenes is 1. The molecular formula is C12H8OS. The van der Waals surface area contributed by atoms with Crippen molar-refractivity contribution < 1.29 is 4.79 Å². The Bertz CT molecular complexity index is 516. The number of Topliss-reactive ketones (excluding diaryl/α,β-unsaturated/α-hetero) is 1. The van der Waals surface area contributed by atoms with Crippen molar-refractivity contribution in [2.45, 2.75) is 6.42 Å². The van der Waals surface area contributed by atoms with Crippen LogP contribution < -0.4 is 0 Å². The van der Waals surface area contributed by atoms with E-state index in [2.05, 4.69) is 5.92 Å². The highest BCUT2D eigenvalue weighted by atomic mass is 32.1. The summed E-state index contributed by atoms with van der Waals surface area (Å²) in [6, 6.07) is 7.72. The maximum absolute atomic E-state index is 11.6. The summed E-state index contributed by atoms with van der Waals surface area (Å²) in [4.78, 5) is 11.6. The molecular weight excluding hydrogens is 192 g/mol. The molecule has 0 aliphatic rings. The number of benzene rings is 1. The number of hydrogen-bond acceptors (Lipinski definition) is 2. The Morgan fingerprint density at radius 2 is 2.29 bits per heavy atom. The second-order valence-corrected chi connectivity index (χ2v) is 3.86. The molecule has 0 N–H and O–H groups in total. The Morgan fingerprint density at radius 3 is 3.07 bits per heavy atom. The van der Waals surface area contributed by atoms with Crippen LogP contribution in [0.1, 0.15) is 16.8 Å². The van der Waals surface area contributed by atoms with Crippen LogP contribution in [0, 0.1) is 12.3 Å². The van der Waals surface area contributed by atoms with E-state index in [0.717, 1.165) is 15.6 Å². The number of thiophene rings is 1. The lowest BCUT2D eigenvalue weighted by molar-refractivity contribution is 0.1000. The van der Waals surface area contributed by atoms with Crippen LogP contribution >= 0.6 is 11.3 Å². The zero-order valence-corrected chi connectivity index (χ0v) is 8.30. The number of rotatable bonds is 2. The molecule has 2 rings (SSSR count). The standard InChI is InChI=1S/C12H8OS/c1-2-4-11(13)10-6-3-5-9-7-8-14-12(9)10/h1,3,5-8H,4H2. The number of carbonyl (C=O) groups excluding carboxylic acids is 1. The van der Waals surface area contributed by atoms with Gasteiger partial charge in [0.25, 0.3) is 0 Å². The summed E-state index contributed by atoms with van der Waals surface area (Å²) in [6.07, 6.45) is 5.30. The van der Waals surface area contributed by atoms with Crippen LogP contribution in [0.15, 0.2) is 29.6 Å². The van der Waals surface area contributed by atoms with Crippen LogP contribution in [0.2, 0.25) is 0 Å². The van der Waals surface area contributed by atoms with Gasteiger partial charge < -0.3 is 0 Å². The maximum atomic E-state index is 11.6. The highest BCUT2D eigenvalue weighted by Crippen LogP contribution is 2.25. The largest absolute Gasteiger partial charge is 0.293 e. The number of ketones is 1. The summed E-state index contributed by atoms with van der Waals surface area (Å²) in [6.45, 7) is 0. The summed E-state index contributed by atoms with van der Waals surface area (Å²) in [5, 5.41) is 3.09. The summed E-state index contributed by atoms with van der Waals surface area (Å²) in [5.41, 5.74) is 0.746. The minimum absolute atomic E-state index is 0.0283. The van der Waals surface area contributed by atoms with Gasteiger partial charge in [-0.3, -0.25) is 4.79 Å². The zero-order valence-electron chi connectivity index (χ0n) is 7.49. The molecule has 2 heteroatoms. The van der Waals surface area contributed by atoms with Gasteiger partial charge in [-0.1, -0.05) is 18.1 Å². The minimum atomic E-state index is 0.0283. The topological polar surface area (TPSA) is 17.1 Å². The molecule has 0 bridgehead atoms. The third-order valence-corrected chi connectivity index (χ3v) is 3.01. The maximum Gasteiger partial charge on any atom is 0.176 e. The van der Waals surface area contributed by atoms with E-state index >= 15 is 0 Å². The van der Waals surface area contributed by atoms with Crippen molar-refractivity contribution in [3.8, 4) is 12.3 Å². The molecule has 0 radical (unpaired) electrons. The number of hydrogen-bond donors (Lipinski definition) is 0. The smallest absolute Gasteiger partial charge is 0.176 e. The number of fused-ring (bicyclic) bond motifs is 1. The molecule has 2 aromatic rings. The molecule has 0 saturated carbocycles. The lowest BCUT2D eigenvalue weighted by atomic mass is 10.1. The van der Waals surface area contributed by atoms with E-state index in [4.69, 9.17) is 6.42 Å². The third-order valence-electron chi connectivity index (χ3n) is 2.04. The monoisotopic (exact) mass is 200 g/mol. The summed E-state index contributed by atoms with van der Waals surface area (Å²) >= 11 is 1.58. The Balaban J connectivity index is 2.57. The highest BCUT2D eigenvalue weighted by Gasteiger charge is 2.08. The van der Waals surface area contributed by atoms with E-state index in [1.807, 2.05) is 29.6 Å². The lowest BCUT2D eigenvalue weighted by Gasteiger charge is -1.98. The molecule has 0 atom stereocenters.